The number of halogens is 1. The highest BCUT2D eigenvalue weighted by atomic mass is 35.5. The molecule has 2 nitrogen and oxygen atoms in total. The van der Waals surface area contributed by atoms with Crippen LogP contribution in [0.1, 0.15) is 38.5 Å². The highest BCUT2D eigenvalue weighted by Crippen LogP contribution is 2.29. The van der Waals surface area contributed by atoms with Crippen molar-refractivity contribution in [2.45, 2.75) is 44.6 Å². The zero-order valence-corrected chi connectivity index (χ0v) is 10.3. The molecule has 88 valence electrons. The number of hydrogen-bond donors (Lipinski definition) is 2. The van der Waals surface area contributed by atoms with Gasteiger partial charge in [-0.1, -0.05) is 43.4 Å². The predicted molar refractivity (Wildman–Crippen MR) is 71.0 cm³/mol. The molecule has 1 saturated carbocycles. The smallest absolute Gasteiger partial charge is 0.0739 e. The van der Waals surface area contributed by atoms with Gasteiger partial charge in [0.05, 0.1) is 16.4 Å². The first-order valence-electron chi connectivity index (χ1n) is 6.08. The van der Waals surface area contributed by atoms with Crippen molar-refractivity contribution >= 4 is 23.0 Å². The lowest BCUT2D eigenvalue weighted by Crippen LogP contribution is -2.19. The molecular weight excluding hydrogens is 220 g/mol. The number of nitrogen functional groups attached to an aromatic ring is 1. The van der Waals surface area contributed by atoms with E-state index < -0.39 is 0 Å². The monoisotopic (exact) mass is 238 g/mol. The van der Waals surface area contributed by atoms with Gasteiger partial charge in [0.25, 0.3) is 0 Å². The van der Waals surface area contributed by atoms with E-state index in [2.05, 4.69) is 5.32 Å². The van der Waals surface area contributed by atoms with Crippen LogP contribution in [0.25, 0.3) is 0 Å². The average molecular weight is 239 g/mol. The standard InChI is InChI=1S/C13H19ClN2/c14-11-8-5-9-12(13(11)15)16-10-6-3-1-2-4-7-10/h5,8-10,16H,1-4,6-7,15H2. The molecule has 0 amide bonds. The fourth-order valence-electron chi connectivity index (χ4n) is 2.31. The van der Waals surface area contributed by atoms with Crippen LogP contribution in [0.5, 0.6) is 0 Å². The lowest BCUT2D eigenvalue weighted by molar-refractivity contribution is 0.620. The fraction of sp³-hybridized carbons (Fsp3) is 0.538. The minimum absolute atomic E-state index is 0.559. The summed E-state index contributed by atoms with van der Waals surface area (Å²) in [7, 11) is 0. The van der Waals surface area contributed by atoms with Crippen LogP contribution in [0.4, 0.5) is 11.4 Å². The Kier molecular flexibility index (Phi) is 3.94. The van der Waals surface area contributed by atoms with Crippen LogP contribution in [-0.2, 0) is 0 Å². The maximum absolute atomic E-state index is 6.00. The molecule has 0 unspecified atom stereocenters. The Morgan fingerprint density at radius 1 is 1.12 bits per heavy atom. The van der Waals surface area contributed by atoms with Crippen molar-refractivity contribution in [3.63, 3.8) is 0 Å². The summed E-state index contributed by atoms with van der Waals surface area (Å²) >= 11 is 6.00. The van der Waals surface area contributed by atoms with Crippen LogP contribution < -0.4 is 11.1 Å². The molecule has 0 radical (unpaired) electrons. The van der Waals surface area contributed by atoms with Crippen LogP contribution in [0.3, 0.4) is 0 Å². The van der Waals surface area contributed by atoms with Crippen molar-refractivity contribution in [2.24, 2.45) is 0 Å². The lowest BCUT2D eigenvalue weighted by Gasteiger charge is -2.19. The molecule has 3 N–H and O–H groups in total. The Bertz CT molecular complexity index is 344. The molecule has 16 heavy (non-hydrogen) atoms. The third-order valence-electron chi connectivity index (χ3n) is 3.27. The molecule has 1 aromatic rings. The van der Waals surface area contributed by atoms with Gasteiger partial charge in [0.2, 0.25) is 0 Å². The number of nitrogens with two attached hydrogens (primary N) is 1. The van der Waals surface area contributed by atoms with Crippen LogP contribution in [0.15, 0.2) is 18.2 Å². The molecule has 0 heterocycles. The van der Waals surface area contributed by atoms with E-state index >= 15 is 0 Å². The molecule has 0 aliphatic heterocycles. The van der Waals surface area contributed by atoms with E-state index in [1.807, 2.05) is 18.2 Å². The van der Waals surface area contributed by atoms with Gasteiger partial charge in [-0.25, -0.2) is 0 Å². The number of hydrogen-bond acceptors (Lipinski definition) is 2. The zero-order chi connectivity index (χ0) is 11.4. The molecular formula is C13H19ClN2. The Morgan fingerprint density at radius 2 is 1.81 bits per heavy atom. The highest BCUT2D eigenvalue weighted by molar-refractivity contribution is 6.33. The van der Waals surface area contributed by atoms with Gasteiger partial charge >= 0.3 is 0 Å². The molecule has 1 aliphatic carbocycles. The topological polar surface area (TPSA) is 38.0 Å². The van der Waals surface area contributed by atoms with Crippen LogP contribution in [-0.4, -0.2) is 6.04 Å². The largest absolute Gasteiger partial charge is 0.396 e. The summed E-state index contributed by atoms with van der Waals surface area (Å²) in [5.74, 6) is 0. The first-order chi connectivity index (χ1) is 7.77. The molecule has 0 atom stereocenters. The second kappa shape index (κ2) is 5.44. The van der Waals surface area contributed by atoms with Crippen molar-refractivity contribution in [3.8, 4) is 0 Å². The van der Waals surface area contributed by atoms with E-state index in [4.69, 9.17) is 17.3 Å². The predicted octanol–water partition coefficient (Wildman–Crippen LogP) is 4.06. The SMILES string of the molecule is Nc1c(Cl)cccc1NC1CCCCCC1. The summed E-state index contributed by atoms with van der Waals surface area (Å²) in [5, 5.41) is 4.16. The molecule has 2 rings (SSSR count). The van der Waals surface area contributed by atoms with Crippen LogP contribution in [0, 0.1) is 0 Å². The van der Waals surface area contributed by atoms with Gasteiger partial charge in [-0.15, -0.1) is 0 Å². The van der Waals surface area contributed by atoms with E-state index in [1.54, 1.807) is 0 Å². The van der Waals surface area contributed by atoms with Crippen LogP contribution in [0.2, 0.25) is 5.02 Å². The van der Waals surface area contributed by atoms with Crippen LogP contribution >= 0.6 is 11.6 Å². The van der Waals surface area contributed by atoms with Crippen molar-refractivity contribution in [1.29, 1.82) is 0 Å². The highest BCUT2D eigenvalue weighted by Gasteiger charge is 2.13. The molecule has 3 heteroatoms. The summed E-state index contributed by atoms with van der Waals surface area (Å²) < 4.78 is 0. The maximum Gasteiger partial charge on any atom is 0.0739 e. The van der Waals surface area contributed by atoms with Crippen molar-refractivity contribution in [1.82, 2.24) is 0 Å². The average Bonchev–Trinajstić information content (AvgIpc) is 2.53. The quantitative estimate of drug-likeness (QED) is 0.603. The van der Waals surface area contributed by atoms with E-state index in [9.17, 15) is 0 Å². The molecule has 0 bridgehead atoms. The Balaban J connectivity index is 2.04. The molecule has 0 aromatic heterocycles. The van der Waals surface area contributed by atoms with Gasteiger partial charge in [0, 0.05) is 6.04 Å². The Morgan fingerprint density at radius 3 is 2.50 bits per heavy atom. The fourth-order valence-corrected chi connectivity index (χ4v) is 2.48. The molecule has 1 aliphatic rings. The van der Waals surface area contributed by atoms with Gasteiger partial charge in [-0.2, -0.15) is 0 Å². The van der Waals surface area contributed by atoms with E-state index in [-0.39, 0.29) is 0 Å². The lowest BCUT2D eigenvalue weighted by atomic mass is 10.1. The van der Waals surface area contributed by atoms with Gasteiger partial charge in [0.15, 0.2) is 0 Å². The normalized spacial score (nSPS) is 18.1. The minimum Gasteiger partial charge on any atom is -0.396 e. The third-order valence-corrected chi connectivity index (χ3v) is 3.60. The van der Waals surface area contributed by atoms with Gasteiger partial charge in [-0.3, -0.25) is 0 Å². The number of nitrogens with one attached hydrogen (secondary N) is 1. The second-order valence-electron chi connectivity index (χ2n) is 4.53. The van der Waals surface area contributed by atoms with Crippen molar-refractivity contribution in [3.05, 3.63) is 23.2 Å². The molecule has 0 saturated heterocycles. The Hall–Kier alpha value is -0.890. The third kappa shape index (κ3) is 2.82. The number of anilines is 2. The molecule has 0 spiro atoms. The van der Waals surface area contributed by atoms with E-state index in [0.29, 0.717) is 16.8 Å². The molecule has 1 fully saturated rings. The van der Waals surface area contributed by atoms with Gasteiger partial charge < -0.3 is 11.1 Å². The summed E-state index contributed by atoms with van der Waals surface area (Å²) in [5.41, 5.74) is 7.60. The van der Waals surface area contributed by atoms with E-state index in [1.165, 1.54) is 38.5 Å². The summed E-state index contributed by atoms with van der Waals surface area (Å²) in [6.07, 6.45) is 7.85. The second-order valence-corrected chi connectivity index (χ2v) is 4.94. The summed E-state index contributed by atoms with van der Waals surface area (Å²) in [4.78, 5) is 0. The van der Waals surface area contributed by atoms with Crippen molar-refractivity contribution in [2.75, 3.05) is 11.1 Å². The summed E-state index contributed by atoms with van der Waals surface area (Å²) in [6, 6.07) is 6.34. The maximum atomic E-state index is 6.00. The summed E-state index contributed by atoms with van der Waals surface area (Å²) in [6.45, 7) is 0. The van der Waals surface area contributed by atoms with Gasteiger partial charge in [-0.05, 0) is 25.0 Å². The first kappa shape index (κ1) is 11.6. The first-order valence-corrected chi connectivity index (χ1v) is 6.45. The Labute approximate surface area is 102 Å². The zero-order valence-electron chi connectivity index (χ0n) is 9.51. The number of benzene rings is 1. The molecule has 1 aromatic carbocycles. The van der Waals surface area contributed by atoms with Crippen molar-refractivity contribution < 1.29 is 0 Å². The van der Waals surface area contributed by atoms with E-state index in [0.717, 1.165) is 5.69 Å². The number of rotatable bonds is 2. The minimum atomic E-state index is 0.559. The number of para-hydroxylation sites is 1. The van der Waals surface area contributed by atoms with Gasteiger partial charge in [0.1, 0.15) is 0 Å².